The summed E-state index contributed by atoms with van der Waals surface area (Å²) >= 11 is 0. The summed E-state index contributed by atoms with van der Waals surface area (Å²) in [6.07, 6.45) is 0.997. The van der Waals surface area contributed by atoms with E-state index in [9.17, 15) is 0 Å². The normalized spacial score (nSPS) is 11.7. The molecule has 0 aromatic carbocycles. The van der Waals surface area contributed by atoms with Gasteiger partial charge in [-0.2, -0.15) is 0 Å². The Labute approximate surface area is 84.3 Å². The average molecular weight is 198 g/mol. The zero-order chi connectivity index (χ0) is 10.6. The number of anilines is 1. The van der Waals surface area contributed by atoms with E-state index in [-0.39, 0.29) is 5.54 Å². The second kappa shape index (κ2) is 4.41. The lowest BCUT2D eigenvalue weighted by molar-refractivity contribution is 0.461. The van der Waals surface area contributed by atoms with Crippen molar-refractivity contribution in [2.24, 2.45) is 0 Å². The second-order valence-electron chi connectivity index (χ2n) is 3.89. The van der Waals surface area contributed by atoms with Gasteiger partial charge in [0.1, 0.15) is 0 Å². The Morgan fingerprint density at radius 2 is 2.07 bits per heavy atom. The largest absolute Gasteiger partial charge is 0.407 e. The van der Waals surface area contributed by atoms with Crippen LogP contribution in [0.1, 0.15) is 33.1 Å². The standard InChI is InChI=1S/C9H18N4O/c1-5-9(2,3)11-8-13-12-7(14-8)6-10-4/h10H,5-6H2,1-4H3,(H,11,13). The van der Waals surface area contributed by atoms with Crippen LogP contribution in [-0.4, -0.2) is 22.8 Å². The van der Waals surface area contributed by atoms with Gasteiger partial charge in [-0.25, -0.2) is 0 Å². The van der Waals surface area contributed by atoms with Gasteiger partial charge in [0.25, 0.3) is 0 Å². The summed E-state index contributed by atoms with van der Waals surface area (Å²) < 4.78 is 5.37. The summed E-state index contributed by atoms with van der Waals surface area (Å²) in [5, 5.41) is 13.9. The molecule has 0 unspecified atom stereocenters. The molecule has 1 aromatic rings. The molecule has 5 heteroatoms. The number of aromatic nitrogens is 2. The Balaban J connectivity index is 2.59. The molecule has 1 aromatic heterocycles. The lowest BCUT2D eigenvalue weighted by Gasteiger charge is -2.22. The Morgan fingerprint density at radius 3 is 2.64 bits per heavy atom. The van der Waals surface area contributed by atoms with Crippen LogP contribution in [0.5, 0.6) is 0 Å². The van der Waals surface area contributed by atoms with Crippen LogP contribution < -0.4 is 10.6 Å². The Hall–Kier alpha value is -1.10. The number of nitrogens with one attached hydrogen (secondary N) is 2. The minimum Gasteiger partial charge on any atom is -0.407 e. The van der Waals surface area contributed by atoms with Gasteiger partial charge in [0, 0.05) is 5.54 Å². The Bertz CT molecular complexity index is 282. The van der Waals surface area contributed by atoms with Crippen molar-refractivity contribution in [1.82, 2.24) is 15.5 Å². The van der Waals surface area contributed by atoms with Gasteiger partial charge in [-0.1, -0.05) is 12.0 Å². The first-order chi connectivity index (χ1) is 6.57. The highest BCUT2D eigenvalue weighted by Crippen LogP contribution is 2.16. The number of nitrogens with zero attached hydrogens (tertiary/aromatic N) is 2. The number of rotatable bonds is 5. The lowest BCUT2D eigenvalue weighted by atomic mass is 10.0. The second-order valence-corrected chi connectivity index (χ2v) is 3.89. The first kappa shape index (κ1) is 11.0. The highest BCUT2D eigenvalue weighted by molar-refractivity contribution is 5.22. The molecule has 80 valence electrons. The quantitative estimate of drug-likeness (QED) is 0.748. The molecule has 0 amide bonds. The van der Waals surface area contributed by atoms with E-state index in [2.05, 4.69) is 41.6 Å². The SMILES string of the molecule is CCC(C)(C)Nc1nnc(CNC)o1. The van der Waals surface area contributed by atoms with Gasteiger partial charge in [-0.05, 0) is 27.3 Å². The maximum Gasteiger partial charge on any atom is 0.315 e. The zero-order valence-corrected chi connectivity index (χ0v) is 9.22. The van der Waals surface area contributed by atoms with E-state index in [1.165, 1.54) is 0 Å². The molecular weight excluding hydrogens is 180 g/mol. The van der Waals surface area contributed by atoms with Crippen molar-refractivity contribution in [3.05, 3.63) is 5.89 Å². The van der Waals surface area contributed by atoms with Gasteiger partial charge in [0.05, 0.1) is 6.54 Å². The molecule has 0 atom stereocenters. The fourth-order valence-corrected chi connectivity index (χ4v) is 0.905. The molecule has 0 aliphatic heterocycles. The maximum atomic E-state index is 5.37. The summed E-state index contributed by atoms with van der Waals surface area (Å²) in [4.78, 5) is 0. The predicted octanol–water partition coefficient (Wildman–Crippen LogP) is 1.39. The van der Waals surface area contributed by atoms with E-state index in [1.54, 1.807) is 0 Å². The summed E-state index contributed by atoms with van der Waals surface area (Å²) in [5.74, 6) is 0.599. The molecule has 0 saturated carbocycles. The van der Waals surface area contributed by atoms with E-state index in [0.29, 0.717) is 18.5 Å². The minimum atomic E-state index is -0.0105. The molecule has 5 nitrogen and oxygen atoms in total. The summed E-state index contributed by atoms with van der Waals surface area (Å²) in [6, 6.07) is 0.488. The van der Waals surface area contributed by atoms with Crippen LogP contribution in [0.15, 0.2) is 4.42 Å². The van der Waals surface area contributed by atoms with E-state index < -0.39 is 0 Å². The van der Waals surface area contributed by atoms with Crippen LogP contribution in [0.4, 0.5) is 6.01 Å². The van der Waals surface area contributed by atoms with Crippen LogP contribution >= 0.6 is 0 Å². The highest BCUT2D eigenvalue weighted by Gasteiger charge is 2.17. The zero-order valence-electron chi connectivity index (χ0n) is 9.22. The average Bonchev–Trinajstić information content (AvgIpc) is 2.53. The highest BCUT2D eigenvalue weighted by atomic mass is 16.4. The molecule has 14 heavy (non-hydrogen) atoms. The van der Waals surface area contributed by atoms with Gasteiger partial charge in [-0.15, -0.1) is 5.10 Å². The molecule has 0 fully saturated rings. The van der Waals surface area contributed by atoms with Crippen LogP contribution in [-0.2, 0) is 6.54 Å². The lowest BCUT2D eigenvalue weighted by Crippen LogP contribution is -2.29. The van der Waals surface area contributed by atoms with Crippen molar-refractivity contribution < 1.29 is 4.42 Å². The van der Waals surface area contributed by atoms with E-state index in [1.807, 2.05) is 7.05 Å². The fraction of sp³-hybridized carbons (Fsp3) is 0.778. The Kier molecular flexibility index (Phi) is 3.46. The van der Waals surface area contributed by atoms with Crippen molar-refractivity contribution in [1.29, 1.82) is 0 Å². The monoisotopic (exact) mass is 198 g/mol. The van der Waals surface area contributed by atoms with Gasteiger partial charge >= 0.3 is 6.01 Å². The molecule has 2 N–H and O–H groups in total. The van der Waals surface area contributed by atoms with Crippen molar-refractivity contribution in [3.8, 4) is 0 Å². The van der Waals surface area contributed by atoms with Crippen molar-refractivity contribution in [2.45, 2.75) is 39.3 Å². The van der Waals surface area contributed by atoms with E-state index in [4.69, 9.17) is 4.42 Å². The summed E-state index contributed by atoms with van der Waals surface area (Å²) in [6.45, 7) is 6.89. The molecule has 0 aliphatic rings. The van der Waals surface area contributed by atoms with Crippen LogP contribution in [0.2, 0.25) is 0 Å². The van der Waals surface area contributed by atoms with Gasteiger partial charge in [0.15, 0.2) is 0 Å². The molecule has 0 spiro atoms. The molecule has 0 saturated heterocycles. The molecular formula is C9H18N4O. The fourth-order valence-electron chi connectivity index (χ4n) is 0.905. The Morgan fingerprint density at radius 1 is 1.36 bits per heavy atom. The number of hydrogen-bond donors (Lipinski definition) is 2. The molecule has 0 aliphatic carbocycles. The third-order valence-electron chi connectivity index (χ3n) is 2.12. The van der Waals surface area contributed by atoms with Crippen molar-refractivity contribution in [3.63, 3.8) is 0 Å². The third kappa shape index (κ3) is 2.99. The van der Waals surface area contributed by atoms with E-state index >= 15 is 0 Å². The van der Waals surface area contributed by atoms with Crippen molar-refractivity contribution in [2.75, 3.05) is 12.4 Å². The van der Waals surface area contributed by atoms with E-state index in [0.717, 1.165) is 6.42 Å². The van der Waals surface area contributed by atoms with Gasteiger partial charge in [0.2, 0.25) is 5.89 Å². The molecule has 0 bridgehead atoms. The first-order valence-corrected chi connectivity index (χ1v) is 4.82. The smallest absolute Gasteiger partial charge is 0.315 e. The molecule has 1 rings (SSSR count). The molecule has 0 radical (unpaired) electrons. The van der Waals surface area contributed by atoms with Gasteiger partial charge in [-0.3, -0.25) is 0 Å². The van der Waals surface area contributed by atoms with Crippen molar-refractivity contribution >= 4 is 6.01 Å². The topological polar surface area (TPSA) is 63.0 Å². The number of hydrogen-bond acceptors (Lipinski definition) is 5. The van der Waals surface area contributed by atoms with Crippen LogP contribution in [0, 0.1) is 0 Å². The summed E-state index contributed by atoms with van der Waals surface area (Å²) in [5.41, 5.74) is -0.0105. The van der Waals surface area contributed by atoms with Crippen LogP contribution in [0.3, 0.4) is 0 Å². The third-order valence-corrected chi connectivity index (χ3v) is 2.12. The minimum absolute atomic E-state index is 0.0105. The predicted molar refractivity (Wildman–Crippen MR) is 55.1 cm³/mol. The first-order valence-electron chi connectivity index (χ1n) is 4.82. The maximum absolute atomic E-state index is 5.37. The van der Waals surface area contributed by atoms with Crippen LogP contribution in [0.25, 0.3) is 0 Å². The van der Waals surface area contributed by atoms with Gasteiger partial charge < -0.3 is 15.1 Å². The summed E-state index contributed by atoms with van der Waals surface area (Å²) in [7, 11) is 1.84. The molecule has 1 heterocycles.